The summed E-state index contributed by atoms with van der Waals surface area (Å²) in [5, 5.41) is 9.03. The second-order valence-electron chi connectivity index (χ2n) is 2.19. The van der Waals surface area contributed by atoms with Crippen LogP contribution in [0.1, 0.15) is 0 Å². The second kappa shape index (κ2) is 2.71. The molecule has 1 aromatic heterocycles. The number of hydrogen-bond donors (Lipinski definition) is 2. The van der Waals surface area contributed by atoms with E-state index < -0.39 is 6.92 Å². The summed E-state index contributed by atoms with van der Waals surface area (Å²) >= 11 is 0. The molecular weight excluding hydrogens is 127 g/mol. The molecule has 3 nitrogen and oxygen atoms in total. The molecule has 0 aliphatic rings. The number of nitrogen functional groups attached to an aromatic ring is 1. The van der Waals surface area contributed by atoms with Gasteiger partial charge in [-0.3, -0.25) is 0 Å². The van der Waals surface area contributed by atoms with Gasteiger partial charge in [0.2, 0.25) is 0 Å². The lowest BCUT2D eigenvalue weighted by Crippen LogP contribution is -2.26. The van der Waals surface area contributed by atoms with E-state index in [1.54, 1.807) is 25.2 Å². The van der Waals surface area contributed by atoms with Crippen molar-refractivity contribution in [3.05, 3.63) is 18.3 Å². The summed E-state index contributed by atoms with van der Waals surface area (Å²) in [6.07, 6.45) is 1.57. The number of aromatic nitrogens is 1. The number of nitrogens with zero attached hydrogens (tertiary/aromatic N) is 1. The van der Waals surface area contributed by atoms with E-state index in [1.165, 1.54) is 0 Å². The summed E-state index contributed by atoms with van der Waals surface area (Å²) in [4.78, 5) is 3.82. The van der Waals surface area contributed by atoms with Crippen molar-refractivity contribution in [2.24, 2.45) is 0 Å². The first kappa shape index (κ1) is 7.09. The van der Waals surface area contributed by atoms with Gasteiger partial charge in [-0.2, -0.15) is 0 Å². The molecule has 4 heteroatoms. The van der Waals surface area contributed by atoms with Crippen LogP contribution in [0, 0.1) is 0 Å². The highest BCUT2D eigenvalue weighted by Crippen LogP contribution is 1.90. The number of pyridine rings is 1. The van der Waals surface area contributed by atoms with Crippen LogP contribution < -0.4 is 11.2 Å². The van der Waals surface area contributed by atoms with Crippen LogP contribution in [0.3, 0.4) is 0 Å². The lowest BCUT2D eigenvalue weighted by Gasteiger charge is -1.98. The van der Waals surface area contributed by atoms with Crippen LogP contribution >= 0.6 is 0 Å². The zero-order valence-electron chi connectivity index (χ0n) is 5.78. The predicted octanol–water partition coefficient (Wildman–Crippen LogP) is -0.516. The Morgan fingerprint density at radius 1 is 1.60 bits per heavy atom. The first-order valence-electron chi connectivity index (χ1n) is 3.09. The van der Waals surface area contributed by atoms with Gasteiger partial charge in [0.05, 0.1) is 0 Å². The molecule has 10 heavy (non-hydrogen) atoms. The first-order chi connectivity index (χ1) is 4.70. The Labute approximate surface area is 60.0 Å². The smallest absolute Gasteiger partial charge is 0.321 e. The van der Waals surface area contributed by atoms with Gasteiger partial charge in [-0.05, 0) is 11.5 Å². The molecule has 0 aliphatic carbocycles. The van der Waals surface area contributed by atoms with Gasteiger partial charge in [0.25, 0.3) is 0 Å². The lowest BCUT2D eigenvalue weighted by atomic mass is 9.65. The predicted molar refractivity (Wildman–Crippen MR) is 42.1 cm³/mol. The molecule has 0 saturated carbocycles. The maximum Gasteiger partial charge on any atom is 0.321 e. The molecule has 0 saturated heterocycles. The highest BCUT2D eigenvalue weighted by Gasteiger charge is 2.04. The Morgan fingerprint density at radius 2 is 2.30 bits per heavy atom. The Hall–Kier alpha value is -1.03. The third-order valence-electron chi connectivity index (χ3n) is 1.29. The van der Waals surface area contributed by atoms with Gasteiger partial charge < -0.3 is 10.8 Å². The van der Waals surface area contributed by atoms with E-state index in [9.17, 15) is 0 Å². The van der Waals surface area contributed by atoms with Crippen molar-refractivity contribution >= 4 is 18.2 Å². The molecule has 0 unspecified atom stereocenters. The van der Waals surface area contributed by atoms with Crippen molar-refractivity contribution in [3.63, 3.8) is 0 Å². The van der Waals surface area contributed by atoms with Crippen LogP contribution in [0.25, 0.3) is 0 Å². The van der Waals surface area contributed by atoms with E-state index >= 15 is 0 Å². The zero-order chi connectivity index (χ0) is 7.56. The summed E-state index contributed by atoms with van der Waals surface area (Å²) in [5.74, 6) is 0.476. The van der Waals surface area contributed by atoms with Crippen LogP contribution in [0.5, 0.6) is 0 Å². The molecule has 1 heterocycles. The SMILES string of the molecule is CB(O)c1ccc(N)nc1. The molecular formula is C6H9BN2O. The van der Waals surface area contributed by atoms with E-state index in [0.717, 1.165) is 5.46 Å². The van der Waals surface area contributed by atoms with Crippen molar-refractivity contribution in [1.82, 2.24) is 4.98 Å². The number of rotatable bonds is 1. The summed E-state index contributed by atoms with van der Waals surface area (Å²) in [5.41, 5.74) is 6.12. The fraction of sp³-hybridized carbons (Fsp3) is 0.167. The van der Waals surface area contributed by atoms with Gasteiger partial charge in [0, 0.05) is 6.20 Å². The van der Waals surface area contributed by atoms with Crippen molar-refractivity contribution in [2.75, 3.05) is 5.73 Å². The Balaban J connectivity index is 2.89. The molecule has 1 rings (SSSR count). The molecule has 0 radical (unpaired) electrons. The average molecular weight is 136 g/mol. The summed E-state index contributed by atoms with van der Waals surface area (Å²) < 4.78 is 0. The third kappa shape index (κ3) is 1.48. The maximum absolute atomic E-state index is 9.03. The van der Waals surface area contributed by atoms with Crippen molar-refractivity contribution in [2.45, 2.75) is 6.82 Å². The molecule has 0 amide bonds. The molecule has 0 spiro atoms. The molecule has 0 bridgehead atoms. The van der Waals surface area contributed by atoms with Crippen LogP contribution in [0.15, 0.2) is 18.3 Å². The monoisotopic (exact) mass is 136 g/mol. The fourth-order valence-electron chi connectivity index (χ4n) is 0.664. The minimum Gasteiger partial charge on any atom is -0.446 e. The quantitative estimate of drug-likeness (QED) is 0.511. The van der Waals surface area contributed by atoms with Crippen LogP contribution in [-0.4, -0.2) is 16.9 Å². The second-order valence-corrected chi connectivity index (χ2v) is 2.19. The van der Waals surface area contributed by atoms with E-state index in [0.29, 0.717) is 5.82 Å². The summed E-state index contributed by atoms with van der Waals surface area (Å²) in [6.45, 7) is 1.22. The van der Waals surface area contributed by atoms with Crippen LogP contribution in [0.4, 0.5) is 5.82 Å². The van der Waals surface area contributed by atoms with Gasteiger partial charge in [-0.25, -0.2) is 4.98 Å². The average Bonchev–Trinajstić information content (AvgIpc) is 1.88. The molecule has 1 aromatic rings. The van der Waals surface area contributed by atoms with Crippen molar-refractivity contribution in [3.8, 4) is 0 Å². The van der Waals surface area contributed by atoms with Gasteiger partial charge in [0.15, 0.2) is 0 Å². The maximum atomic E-state index is 9.03. The van der Waals surface area contributed by atoms with Crippen LogP contribution in [-0.2, 0) is 0 Å². The van der Waals surface area contributed by atoms with Gasteiger partial charge >= 0.3 is 6.92 Å². The van der Waals surface area contributed by atoms with Crippen LogP contribution in [0.2, 0.25) is 6.82 Å². The number of anilines is 1. The minimum absolute atomic E-state index is 0.465. The van der Waals surface area contributed by atoms with Gasteiger partial charge in [-0.1, -0.05) is 12.9 Å². The molecule has 0 fully saturated rings. The topological polar surface area (TPSA) is 59.1 Å². The number of hydrogen-bond acceptors (Lipinski definition) is 3. The summed E-state index contributed by atoms with van der Waals surface area (Å²) in [6, 6.07) is 3.43. The van der Waals surface area contributed by atoms with Crippen molar-refractivity contribution < 1.29 is 5.02 Å². The Morgan fingerprint density at radius 3 is 2.70 bits per heavy atom. The third-order valence-corrected chi connectivity index (χ3v) is 1.29. The molecule has 0 aromatic carbocycles. The highest BCUT2D eigenvalue weighted by molar-refractivity contribution is 6.64. The Bertz CT molecular complexity index is 209. The van der Waals surface area contributed by atoms with Gasteiger partial charge in [0.1, 0.15) is 5.82 Å². The summed E-state index contributed by atoms with van der Waals surface area (Å²) in [7, 11) is 0. The number of nitrogens with two attached hydrogens (primary N) is 1. The largest absolute Gasteiger partial charge is 0.446 e. The van der Waals surface area contributed by atoms with Crippen molar-refractivity contribution in [1.29, 1.82) is 0 Å². The zero-order valence-corrected chi connectivity index (χ0v) is 5.78. The normalized spacial score (nSPS) is 9.40. The van der Waals surface area contributed by atoms with Gasteiger partial charge in [-0.15, -0.1) is 0 Å². The van der Waals surface area contributed by atoms with E-state index in [-0.39, 0.29) is 0 Å². The highest BCUT2D eigenvalue weighted by atomic mass is 16.2. The standard InChI is InChI=1S/C6H9BN2O/c1-7(10)5-2-3-6(8)9-4-5/h2-4,10H,1H3,(H2,8,9). The first-order valence-corrected chi connectivity index (χ1v) is 3.09. The molecule has 3 N–H and O–H groups in total. The molecule has 0 aliphatic heterocycles. The fourth-order valence-corrected chi connectivity index (χ4v) is 0.664. The molecule has 0 atom stereocenters. The minimum atomic E-state index is -0.465. The Kier molecular flexibility index (Phi) is 1.92. The van der Waals surface area contributed by atoms with E-state index in [1.807, 2.05) is 0 Å². The lowest BCUT2D eigenvalue weighted by molar-refractivity contribution is 0.594. The van der Waals surface area contributed by atoms with E-state index in [2.05, 4.69) is 4.98 Å². The molecule has 52 valence electrons. The van der Waals surface area contributed by atoms with E-state index in [4.69, 9.17) is 10.8 Å².